The second-order valence-corrected chi connectivity index (χ2v) is 7.27. The molecule has 2 saturated carbocycles. The molecule has 0 aromatic carbocycles. The van der Waals surface area contributed by atoms with Crippen LogP contribution in [0.15, 0.2) is 0 Å². The average molecular weight is 267 g/mol. The molecule has 0 aromatic rings. The van der Waals surface area contributed by atoms with E-state index in [-0.39, 0.29) is 0 Å². The molecule has 2 fully saturated rings. The van der Waals surface area contributed by atoms with Crippen molar-refractivity contribution in [2.45, 2.75) is 59.3 Å². The first kappa shape index (κ1) is 15.3. The molecule has 2 aliphatic carbocycles. The Morgan fingerprint density at radius 2 is 2.16 bits per heavy atom. The molecule has 0 heterocycles. The van der Waals surface area contributed by atoms with Crippen LogP contribution in [0.25, 0.3) is 0 Å². The first-order valence-electron chi connectivity index (χ1n) is 8.45. The minimum absolute atomic E-state index is 0.606. The quantitative estimate of drug-likeness (QED) is 0.641. The fraction of sp³-hybridized carbons (Fsp3) is 1.00. The summed E-state index contributed by atoms with van der Waals surface area (Å²) in [5.74, 6) is 2.80. The van der Waals surface area contributed by atoms with E-state index in [0.717, 1.165) is 31.0 Å². The molecular formula is C17H33NO. The highest BCUT2D eigenvalue weighted by molar-refractivity contribution is 5.01. The summed E-state index contributed by atoms with van der Waals surface area (Å²) in [6.07, 6.45) is 8.61. The van der Waals surface area contributed by atoms with Crippen molar-refractivity contribution < 1.29 is 4.74 Å². The van der Waals surface area contributed by atoms with Gasteiger partial charge in [0.25, 0.3) is 0 Å². The minimum Gasteiger partial charge on any atom is -0.382 e. The number of hydrogen-bond acceptors (Lipinski definition) is 2. The van der Waals surface area contributed by atoms with Crippen molar-refractivity contribution in [2.24, 2.45) is 23.2 Å². The van der Waals surface area contributed by atoms with Crippen molar-refractivity contribution >= 4 is 0 Å². The van der Waals surface area contributed by atoms with Gasteiger partial charge in [-0.05, 0) is 68.7 Å². The Morgan fingerprint density at radius 1 is 1.32 bits per heavy atom. The lowest BCUT2D eigenvalue weighted by Crippen LogP contribution is -2.40. The maximum atomic E-state index is 5.54. The van der Waals surface area contributed by atoms with Gasteiger partial charge in [0.2, 0.25) is 0 Å². The molecule has 19 heavy (non-hydrogen) atoms. The van der Waals surface area contributed by atoms with Gasteiger partial charge in [0.1, 0.15) is 0 Å². The van der Waals surface area contributed by atoms with Crippen LogP contribution >= 0.6 is 0 Å². The molecule has 112 valence electrons. The van der Waals surface area contributed by atoms with E-state index in [0.29, 0.717) is 5.41 Å². The molecule has 2 nitrogen and oxygen atoms in total. The molecule has 3 unspecified atom stereocenters. The summed E-state index contributed by atoms with van der Waals surface area (Å²) in [6.45, 7) is 10.9. The summed E-state index contributed by atoms with van der Waals surface area (Å²) in [5.41, 5.74) is 0.606. The predicted molar refractivity (Wildman–Crippen MR) is 81.3 cm³/mol. The standard InChI is InChI=1S/C17H33NO/c1-4-19-9-5-8-17(13-18-12-14(2)3)11-15-6-7-16(17)10-15/h14-16,18H,4-13H2,1-3H3. The summed E-state index contributed by atoms with van der Waals surface area (Å²) >= 11 is 0. The number of fused-ring (bicyclic) bond motifs is 2. The van der Waals surface area contributed by atoms with Crippen LogP contribution in [0.5, 0.6) is 0 Å². The monoisotopic (exact) mass is 267 g/mol. The topological polar surface area (TPSA) is 21.3 Å². The lowest BCUT2D eigenvalue weighted by Gasteiger charge is -2.38. The molecule has 1 N–H and O–H groups in total. The van der Waals surface area contributed by atoms with Crippen LogP contribution < -0.4 is 5.32 Å². The van der Waals surface area contributed by atoms with Gasteiger partial charge < -0.3 is 10.1 Å². The van der Waals surface area contributed by atoms with Crippen LogP contribution in [-0.4, -0.2) is 26.3 Å². The summed E-state index contributed by atoms with van der Waals surface area (Å²) in [6, 6.07) is 0. The number of rotatable bonds is 9. The van der Waals surface area contributed by atoms with Crippen molar-refractivity contribution in [1.82, 2.24) is 5.32 Å². The number of ether oxygens (including phenoxy) is 1. The Morgan fingerprint density at radius 3 is 2.74 bits per heavy atom. The van der Waals surface area contributed by atoms with Crippen molar-refractivity contribution in [3.05, 3.63) is 0 Å². The average Bonchev–Trinajstić information content (AvgIpc) is 2.95. The Hall–Kier alpha value is -0.0800. The Balaban J connectivity index is 1.83. The van der Waals surface area contributed by atoms with Crippen molar-refractivity contribution in [3.63, 3.8) is 0 Å². The van der Waals surface area contributed by atoms with E-state index in [1.807, 2.05) is 0 Å². The number of hydrogen-bond donors (Lipinski definition) is 1. The molecule has 0 aliphatic heterocycles. The zero-order chi connectivity index (χ0) is 13.7. The number of nitrogens with one attached hydrogen (secondary N) is 1. The van der Waals surface area contributed by atoms with Crippen LogP contribution in [0.2, 0.25) is 0 Å². The highest BCUT2D eigenvalue weighted by Crippen LogP contribution is 2.57. The molecule has 3 atom stereocenters. The lowest BCUT2D eigenvalue weighted by molar-refractivity contribution is 0.0982. The van der Waals surface area contributed by atoms with Crippen LogP contribution in [0.4, 0.5) is 0 Å². The zero-order valence-electron chi connectivity index (χ0n) is 13.2. The van der Waals surface area contributed by atoms with Gasteiger partial charge in [-0.25, -0.2) is 0 Å². The van der Waals surface area contributed by atoms with Gasteiger partial charge in [-0.15, -0.1) is 0 Å². The molecular weight excluding hydrogens is 234 g/mol. The van der Waals surface area contributed by atoms with E-state index in [9.17, 15) is 0 Å². The molecule has 2 rings (SSSR count). The third-order valence-electron chi connectivity index (χ3n) is 5.30. The molecule has 0 spiro atoms. The molecule has 0 radical (unpaired) electrons. The second kappa shape index (κ2) is 7.08. The van der Waals surface area contributed by atoms with Crippen molar-refractivity contribution in [3.8, 4) is 0 Å². The lowest BCUT2D eigenvalue weighted by atomic mass is 9.70. The fourth-order valence-electron chi connectivity index (χ4n) is 4.45. The third-order valence-corrected chi connectivity index (χ3v) is 5.30. The third kappa shape index (κ3) is 3.95. The normalized spacial score (nSPS) is 33.5. The van der Waals surface area contributed by atoms with E-state index in [2.05, 4.69) is 26.1 Å². The maximum Gasteiger partial charge on any atom is 0.0466 e. The molecule has 2 heteroatoms. The van der Waals surface area contributed by atoms with Gasteiger partial charge in [-0.3, -0.25) is 0 Å². The predicted octanol–water partition coefficient (Wildman–Crippen LogP) is 3.86. The van der Waals surface area contributed by atoms with E-state index >= 15 is 0 Å². The van der Waals surface area contributed by atoms with Crippen molar-refractivity contribution in [2.75, 3.05) is 26.3 Å². The molecule has 2 aliphatic rings. The van der Waals surface area contributed by atoms with Gasteiger partial charge in [0.05, 0.1) is 0 Å². The molecule has 0 amide bonds. The van der Waals surface area contributed by atoms with Crippen LogP contribution in [-0.2, 0) is 4.74 Å². The highest BCUT2D eigenvalue weighted by atomic mass is 16.5. The Labute approximate surface area is 119 Å². The molecule has 0 aromatic heterocycles. The second-order valence-electron chi connectivity index (χ2n) is 7.27. The van der Waals surface area contributed by atoms with Crippen LogP contribution in [0, 0.1) is 23.2 Å². The first-order valence-corrected chi connectivity index (χ1v) is 8.45. The van der Waals surface area contributed by atoms with E-state index in [1.165, 1.54) is 51.6 Å². The Bertz CT molecular complexity index is 266. The van der Waals surface area contributed by atoms with Crippen LogP contribution in [0.3, 0.4) is 0 Å². The van der Waals surface area contributed by atoms with Gasteiger partial charge in [-0.2, -0.15) is 0 Å². The largest absolute Gasteiger partial charge is 0.382 e. The highest BCUT2D eigenvalue weighted by Gasteiger charge is 2.49. The van der Waals surface area contributed by atoms with Crippen molar-refractivity contribution in [1.29, 1.82) is 0 Å². The van der Waals surface area contributed by atoms with E-state index < -0.39 is 0 Å². The summed E-state index contributed by atoms with van der Waals surface area (Å²) in [4.78, 5) is 0. The summed E-state index contributed by atoms with van der Waals surface area (Å²) in [5, 5.41) is 3.75. The maximum absolute atomic E-state index is 5.54. The molecule has 0 saturated heterocycles. The summed E-state index contributed by atoms with van der Waals surface area (Å²) in [7, 11) is 0. The fourth-order valence-corrected chi connectivity index (χ4v) is 4.45. The smallest absolute Gasteiger partial charge is 0.0466 e. The van der Waals surface area contributed by atoms with Gasteiger partial charge in [0.15, 0.2) is 0 Å². The first-order chi connectivity index (χ1) is 9.16. The van der Waals surface area contributed by atoms with Crippen LogP contribution in [0.1, 0.15) is 59.3 Å². The van der Waals surface area contributed by atoms with Gasteiger partial charge >= 0.3 is 0 Å². The van der Waals surface area contributed by atoms with Gasteiger partial charge in [-0.1, -0.05) is 20.3 Å². The van der Waals surface area contributed by atoms with Gasteiger partial charge in [0, 0.05) is 19.8 Å². The Kier molecular flexibility index (Phi) is 5.70. The minimum atomic E-state index is 0.606. The van der Waals surface area contributed by atoms with E-state index in [4.69, 9.17) is 4.74 Å². The SMILES string of the molecule is CCOCCCC1(CNCC(C)C)CC2CCC1C2. The van der Waals surface area contributed by atoms with E-state index in [1.54, 1.807) is 0 Å². The summed E-state index contributed by atoms with van der Waals surface area (Å²) < 4.78 is 5.54. The zero-order valence-corrected chi connectivity index (χ0v) is 13.2. The molecule has 2 bridgehead atoms.